The molecule has 0 aromatic carbocycles. The molecule has 1 fully saturated rings. The van der Waals surface area contributed by atoms with E-state index in [-0.39, 0.29) is 24.8 Å². The number of nitrogens with zero attached hydrogens (tertiary/aromatic N) is 3. The maximum absolute atomic E-state index is 12.5. The summed E-state index contributed by atoms with van der Waals surface area (Å²) in [4.78, 5) is 29.5. The quantitative estimate of drug-likeness (QED) is 0.246. The molecule has 0 aromatic heterocycles. The van der Waals surface area contributed by atoms with Gasteiger partial charge in [0.05, 0.1) is 12.5 Å². The SMILES string of the molecule is CN(C)CCCN1CC(C(=O)N(C)CC(O)C(O)C(O)C(O)CO)CC1=O. The van der Waals surface area contributed by atoms with Gasteiger partial charge in [-0.05, 0) is 27.1 Å². The second-order valence-corrected chi connectivity index (χ2v) is 7.41. The van der Waals surface area contributed by atoms with Crippen LogP contribution in [0.1, 0.15) is 12.8 Å². The van der Waals surface area contributed by atoms with Crippen LogP contribution in [-0.4, -0.2) is 130 Å². The summed E-state index contributed by atoms with van der Waals surface area (Å²) in [6.45, 7) is 0.694. The fraction of sp³-hybridized carbons (Fsp3) is 0.882. The van der Waals surface area contributed by atoms with Crippen molar-refractivity contribution in [1.29, 1.82) is 0 Å². The number of hydrogen-bond donors (Lipinski definition) is 5. The number of rotatable bonds is 11. The number of hydrogen-bond acceptors (Lipinski definition) is 8. The van der Waals surface area contributed by atoms with Crippen LogP contribution < -0.4 is 0 Å². The number of aliphatic hydroxyl groups is 5. The van der Waals surface area contributed by atoms with Crippen molar-refractivity contribution in [3.8, 4) is 0 Å². The third-order valence-corrected chi connectivity index (χ3v) is 4.76. The van der Waals surface area contributed by atoms with Crippen molar-refractivity contribution in [3.05, 3.63) is 0 Å². The molecule has 0 aliphatic carbocycles. The van der Waals surface area contributed by atoms with E-state index >= 15 is 0 Å². The molecular weight excluding hydrogens is 358 g/mol. The van der Waals surface area contributed by atoms with Gasteiger partial charge in [-0.3, -0.25) is 9.59 Å². The lowest BCUT2D eigenvalue weighted by Gasteiger charge is -2.29. The molecule has 10 nitrogen and oxygen atoms in total. The molecule has 0 spiro atoms. The van der Waals surface area contributed by atoms with Gasteiger partial charge >= 0.3 is 0 Å². The zero-order valence-corrected chi connectivity index (χ0v) is 16.2. The first-order valence-electron chi connectivity index (χ1n) is 9.09. The maximum atomic E-state index is 12.5. The van der Waals surface area contributed by atoms with Crippen LogP contribution >= 0.6 is 0 Å². The van der Waals surface area contributed by atoms with Crippen LogP contribution in [0.4, 0.5) is 0 Å². The summed E-state index contributed by atoms with van der Waals surface area (Å²) in [7, 11) is 5.33. The first kappa shape index (κ1) is 23.7. The number of amides is 2. The molecule has 0 radical (unpaired) electrons. The molecular formula is C17H33N3O7. The van der Waals surface area contributed by atoms with Crippen molar-refractivity contribution in [2.45, 2.75) is 37.3 Å². The van der Waals surface area contributed by atoms with E-state index in [4.69, 9.17) is 5.11 Å². The first-order chi connectivity index (χ1) is 12.6. The molecule has 1 aliphatic heterocycles. The van der Waals surface area contributed by atoms with Gasteiger partial charge in [0.15, 0.2) is 0 Å². The van der Waals surface area contributed by atoms with Crippen LogP contribution in [0.5, 0.6) is 0 Å². The first-order valence-corrected chi connectivity index (χ1v) is 9.09. The van der Waals surface area contributed by atoms with Crippen LogP contribution in [0.3, 0.4) is 0 Å². The molecule has 5 unspecified atom stereocenters. The zero-order chi connectivity index (χ0) is 20.7. The Kier molecular flexibility index (Phi) is 9.57. The van der Waals surface area contributed by atoms with E-state index in [1.54, 1.807) is 4.90 Å². The molecule has 2 amide bonds. The van der Waals surface area contributed by atoms with E-state index in [0.717, 1.165) is 13.0 Å². The van der Waals surface area contributed by atoms with E-state index in [0.29, 0.717) is 13.1 Å². The Balaban J connectivity index is 2.52. The summed E-state index contributed by atoms with van der Waals surface area (Å²) in [5, 5.41) is 47.6. The molecule has 1 aliphatic rings. The topological polar surface area (TPSA) is 145 Å². The molecule has 5 N–H and O–H groups in total. The number of likely N-dealkylation sites (N-methyl/N-ethyl adjacent to an activating group) is 1. The Morgan fingerprint density at radius 3 is 2.30 bits per heavy atom. The molecule has 0 saturated carbocycles. The lowest BCUT2D eigenvalue weighted by atomic mass is 10.0. The molecule has 27 heavy (non-hydrogen) atoms. The smallest absolute Gasteiger partial charge is 0.227 e. The molecule has 1 rings (SSSR count). The lowest BCUT2D eigenvalue weighted by molar-refractivity contribution is -0.141. The number of carbonyl (C=O) groups excluding carboxylic acids is 2. The predicted molar refractivity (Wildman–Crippen MR) is 96.6 cm³/mol. The van der Waals surface area contributed by atoms with Crippen molar-refractivity contribution in [2.75, 3.05) is 53.9 Å². The van der Waals surface area contributed by atoms with Gasteiger partial charge in [0, 0.05) is 33.1 Å². The fourth-order valence-corrected chi connectivity index (χ4v) is 3.08. The number of aliphatic hydroxyl groups excluding tert-OH is 5. The summed E-state index contributed by atoms with van der Waals surface area (Å²) < 4.78 is 0. The lowest BCUT2D eigenvalue weighted by Crippen LogP contribution is -2.50. The second-order valence-electron chi connectivity index (χ2n) is 7.41. The third kappa shape index (κ3) is 6.98. The third-order valence-electron chi connectivity index (χ3n) is 4.76. The summed E-state index contributed by atoms with van der Waals surface area (Å²) in [5.41, 5.74) is 0. The van der Waals surface area contributed by atoms with Gasteiger partial charge < -0.3 is 40.2 Å². The summed E-state index contributed by atoms with van der Waals surface area (Å²) >= 11 is 0. The van der Waals surface area contributed by atoms with Gasteiger partial charge in [0.1, 0.15) is 24.4 Å². The maximum Gasteiger partial charge on any atom is 0.227 e. The minimum absolute atomic E-state index is 0.0809. The second kappa shape index (κ2) is 10.9. The van der Waals surface area contributed by atoms with E-state index < -0.39 is 36.9 Å². The van der Waals surface area contributed by atoms with Crippen LogP contribution in [-0.2, 0) is 9.59 Å². The molecule has 5 atom stereocenters. The zero-order valence-electron chi connectivity index (χ0n) is 16.2. The fourth-order valence-electron chi connectivity index (χ4n) is 3.08. The minimum Gasteiger partial charge on any atom is -0.394 e. The number of likely N-dealkylation sites (tertiary alicyclic amines) is 1. The van der Waals surface area contributed by atoms with Crippen molar-refractivity contribution >= 4 is 11.8 Å². The largest absolute Gasteiger partial charge is 0.394 e. The van der Waals surface area contributed by atoms with Crippen molar-refractivity contribution in [2.24, 2.45) is 5.92 Å². The van der Waals surface area contributed by atoms with Crippen LogP contribution in [0.15, 0.2) is 0 Å². The van der Waals surface area contributed by atoms with Crippen molar-refractivity contribution in [3.63, 3.8) is 0 Å². The van der Waals surface area contributed by atoms with E-state index in [1.165, 1.54) is 11.9 Å². The molecule has 1 saturated heterocycles. The standard InChI is InChI=1S/C17H33N3O7/c1-18(2)5-4-6-20-8-11(7-14(20)24)17(27)19(3)9-12(22)15(25)16(26)13(23)10-21/h11-13,15-16,21-23,25-26H,4-10H2,1-3H3. The molecule has 0 bridgehead atoms. The highest BCUT2D eigenvalue weighted by Crippen LogP contribution is 2.20. The van der Waals surface area contributed by atoms with Crippen LogP contribution in [0.2, 0.25) is 0 Å². The van der Waals surface area contributed by atoms with Crippen LogP contribution in [0, 0.1) is 5.92 Å². The van der Waals surface area contributed by atoms with Gasteiger partial charge in [0.2, 0.25) is 11.8 Å². The predicted octanol–water partition coefficient (Wildman–Crippen LogP) is -3.32. The Bertz CT molecular complexity index is 491. The highest BCUT2D eigenvalue weighted by atomic mass is 16.4. The monoisotopic (exact) mass is 391 g/mol. The normalized spacial score (nSPS) is 22.0. The van der Waals surface area contributed by atoms with Crippen molar-refractivity contribution < 1.29 is 35.1 Å². The summed E-state index contributed by atoms with van der Waals surface area (Å²) in [6.07, 6.45) is -5.66. The van der Waals surface area contributed by atoms with Gasteiger partial charge in [0.25, 0.3) is 0 Å². The van der Waals surface area contributed by atoms with Gasteiger partial charge in [-0.2, -0.15) is 0 Å². The summed E-state index contributed by atoms with van der Waals surface area (Å²) in [6, 6.07) is 0. The Morgan fingerprint density at radius 2 is 1.74 bits per heavy atom. The number of carbonyl (C=O) groups is 2. The molecule has 10 heteroatoms. The molecule has 1 heterocycles. The summed E-state index contributed by atoms with van der Waals surface area (Å²) in [5.74, 6) is -0.927. The van der Waals surface area contributed by atoms with Crippen molar-refractivity contribution in [1.82, 2.24) is 14.7 Å². The Labute approximate surface area is 159 Å². The minimum atomic E-state index is -1.74. The van der Waals surface area contributed by atoms with Crippen LogP contribution in [0.25, 0.3) is 0 Å². The van der Waals surface area contributed by atoms with Gasteiger partial charge in [-0.25, -0.2) is 0 Å². The average Bonchev–Trinajstić information content (AvgIpc) is 2.99. The Hall–Kier alpha value is -1.30. The van der Waals surface area contributed by atoms with Gasteiger partial charge in [-0.15, -0.1) is 0 Å². The highest BCUT2D eigenvalue weighted by Gasteiger charge is 2.37. The molecule has 158 valence electrons. The molecule has 0 aromatic rings. The van der Waals surface area contributed by atoms with E-state index in [9.17, 15) is 30.0 Å². The highest BCUT2D eigenvalue weighted by molar-refractivity contribution is 5.89. The Morgan fingerprint density at radius 1 is 1.15 bits per heavy atom. The average molecular weight is 391 g/mol. The van der Waals surface area contributed by atoms with Gasteiger partial charge in [-0.1, -0.05) is 0 Å². The van der Waals surface area contributed by atoms with E-state index in [1.807, 2.05) is 19.0 Å². The van der Waals surface area contributed by atoms with E-state index in [2.05, 4.69) is 0 Å².